The van der Waals surface area contributed by atoms with Crippen LogP contribution in [0.15, 0.2) is 61.6 Å². The van der Waals surface area contributed by atoms with Gasteiger partial charge in [0.2, 0.25) is 5.91 Å². The number of para-hydroxylation sites is 1. The summed E-state index contributed by atoms with van der Waals surface area (Å²) in [6.45, 7) is 4.30. The molecule has 0 atom stereocenters. The Bertz CT molecular complexity index is 920. The van der Waals surface area contributed by atoms with Gasteiger partial charge in [0.15, 0.2) is 0 Å². The van der Waals surface area contributed by atoms with Crippen molar-refractivity contribution in [3.8, 4) is 0 Å². The van der Waals surface area contributed by atoms with E-state index in [0.29, 0.717) is 17.3 Å². The van der Waals surface area contributed by atoms with Crippen molar-refractivity contribution >= 4 is 34.1 Å². The van der Waals surface area contributed by atoms with Gasteiger partial charge in [0.05, 0.1) is 22.6 Å². The first-order valence-corrected chi connectivity index (χ1v) is 8.79. The van der Waals surface area contributed by atoms with Gasteiger partial charge in [0, 0.05) is 24.0 Å². The summed E-state index contributed by atoms with van der Waals surface area (Å²) in [5.41, 5.74) is 2.39. The zero-order valence-corrected chi connectivity index (χ0v) is 15.1. The number of amides is 1. The maximum Gasteiger partial charge on any atom is 0.228 e. The predicted molar refractivity (Wildman–Crippen MR) is 104 cm³/mol. The summed E-state index contributed by atoms with van der Waals surface area (Å²) in [5, 5.41) is 4.22. The van der Waals surface area contributed by atoms with Crippen LogP contribution < -0.4 is 10.2 Å². The number of benzene rings is 1. The summed E-state index contributed by atoms with van der Waals surface area (Å²) >= 11 is 6.05. The molecule has 0 unspecified atom stereocenters. The summed E-state index contributed by atoms with van der Waals surface area (Å²) in [6, 6.07) is 9.54. The number of pyridine rings is 1. The fourth-order valence-corrected chi connectivity index (χ4v) is 2.87. The molecule has 0 fully saturated rings. The minimum atomic E-state index is -0.146. The van der Waals surface area contributed by atoms with Crippen molar-refractivity contribution in [3.05, 3.63) is 72.2 Å². The Morgan fingerprint density at radius 1 is 1.35 bits per heavy atom. The van der Waals surface area contributed by atoms with Crippen LogP contribution in [0.1, 0.15) is 18.4 Å². The van der Waals surface area contributed by atoms with Gasteiger partial charge in [0.1, 0.15) is 6.61 Å². The van der Waals surface area contributed by atoms with E-state index in [1.165, 1.54) is 6.20 Å². The molecule has 0 radical (unpaired) electrons. The molecule has 1 aromatic carbocycles. The normalized spacial score (nSPS) is 10.7. The van der Waals surface area contributed by atoms with Crippen LogP contribution in [0.4, 0.5) is 5.69 Å². The lowest BCUT2D eigenvalue weighted by molar-refractivity contribution is -0.115. The molecule has 0 spiro atoms. The third kappa shape index (κ3) is 4.24. The number of carbonyl (C=O) groups is 1. The van der Waals surface area contributed by atoms with Crippen LogP contribution in [0.3, 0.4) is 0 Å². The molecule has 26 heavy (non-hydrogen) atoms. The van der Waals surface area contributed by atoms with Gasteiger partial charge in [-0.25, -0.2) is 0 Å². The lowest BCUT2D eigenvalue weighted by atomic mass is 10.1. The average molecular weight is 370 g/mol. The number of rotatable bonds is 8. The van der Waals surface area contributed by atoms with Gasteiger partial charge in [-0.1, -0.05) is 35.9 Å². The maximum absolute atomic E-state index is 12.4. The number of anilines is 1. The Morgan fingerprint density at radius 2 is 2.19 bits per heavy atom. The summed E-state index contributed by atoms with van der Waals surface area (Å²) < 4.78 is 1.74. The highest BCUT2D eigenvalue weighted by atomic mass is 35.5. The van der Waals surface area contributed by atoms with Gasteiger partial charge < -0.3 is 10.2 Å². The number of aromatic nitrogens is 2. The summed E-state index contributed by atoms with van der Waals surface area (Å²) in [7, 11) is 0. The third-order valence-electron chi connectivity index (χ3n) is 3.94. The number of halogens is 1. The number of nitrogens with one attached hydrogen (secondary N) is 1. The minimum Gasteiger partial charge on any atom is -0.414 e. The van der Waals surface area contributed by atoms with Crippen LogP contribution in [0, 0.1) is 0 Å². The highest BCUT2D eigenvalue weighted by Crippen LogP contribution is 2.23. The number of allylic oxidation sites excluding steroid dienone is 1. The predicted octanol–water partition coefficient (Wildman–Crippen LogP) is 4.27. The van der Waals surface area contributed by atoms with Crippen molar-refractivity contribution in [2.45, 2.75) is 19.3 Å². The molecule has 0 saturated carbocycles. The molecular weight excluding hydrogens is 350 g/mol. The van der Waals surface area contributed by atoms with Gasteiger partial charge in [-0.15, -0.1) is 6.58 Å². The van der Waals surface area contributed by atoms with Crippen LogP contribution in [-0.4, -0.2) is 22.2 Å². The Balaban J connectivity index is 1.76. The molecule has 0 saturated heterocycles. The molecule has 2 aromatic heterocycles. The van der Waals surface area contributed by atoms with E-state index in [4.69, 9.17) is 16.4 Å². The molecule has 1 N–H and O–H groups in total. The highest BCUT2D eigenvalue weighted by Gasteiger charge is 2.13. The van der Waals surface area contributed by atoms with Crippen molar-refractivity contribution in [3.63, 3.8) is 0 Å². The number of nitrogens with zero attached hydrogens (tertiary/aromatic N) is 2. The second kappa shape index (κ2) is 8.54. The fourth-order valence-electron chi connectivity index (χ4n) is 2.70. The third-order valence-corrected chi connectivity index (χ3v) is 4.24. The van der Waals surface area contributed by atoms with E-state index in [-0.39, 0.29) is 12.3 Å². The molecule has 0 aliphatic rings. The van der Waals surface area contributed by atoms with Crippen molar-refractivity contribution in [2.24, 2.45) is 0 Å². The topological polar surface area (TPSA) is 56.1 Å². The van der Waals surface area contributed by atoms with Crippen LogP contribution in [-0.2, 0) is 11.2 Å². The minimum absolute atomic E-state index is 0.146. The Morgan fingerprint density at radius 3 is 3.00 bits per heavy atom. The smallest absolute Gasteiger partial charge is 0.228 e. The average Bonchev–Trinajstić information content (AvgIpc) is 2.98. The van der Waals surface area contributed by atoms with Gasteiger partial charge in [-0.05, 0) is 30.5 Å². The standard InChI is InChI=1S/C20H20ClN3O2/c1-2-3-6-11-26-24-14-15(16-7-4-5-8-19(16)24)12-20(25)23-18-9-10-22-13-17(18)21/h2,4-5,7-10,13-14H,1,3,6,11-12H2,(H,22,23,25). The summed E-state index contributed by atoms with van der Waals surface area (Å²) in [5.74, 6) is -0.146. The number of hydrogen-bond acceptors (Lipinski definition) is 3. The van der Waals surface area contributed by atoms with E-state index < -0.39 is 0 Å². The first-order valence-electron chi connectivity index (χ1n) is 8.41. The zero-order chi connectivity index (χ0) is 18.4. The number of fused-ring (bicyclic) bond motifs is 1. The molecule has 6 heteroatoms. The first-order chi connectivity index (χ1) is 12.7. The highest BCUT2D eigenvalue weighted by molar-refractivity contribution is 6.33. The molecule has 1 amide bonds. The number of unbranched alkanes of at least 4 members (excludes halogenated alkanes) is 1. The van der Waals surface area contributed by atoms with Crippen LogP contribution in [0.2, 0.25) is 5.02 Å². The quantitative estimate of drug-likeness (QED) is 0.476. The molecule has 3 rings (SSSR count). The molecule has 0 aliphatic heterocycles. The van der Waals surface area contributed by atoms with E-state index in [2.05, 4.69) is 16.9 Å². The molecule has 3 aromatic rings. The van der Waals surface area contributed by atoms with Gasteiger partial charge in [-0.3, -0.25) is 9.78 Å². The van der Waals surface area contributed by atoms with E-state index >= 15 is 0 Å². The SMILES string of the molecule is C=CCCCOn1cc(CC(=O)Nc2ccncc2Cl)c2ccccc21. The summed E-state index contributed by atoms with van der Waals surface area (Å²) in [6.07, 6.45) is 8.85. The molecule has 0 bridgehead atoms. The molecule has 2 heterocycles. The van der Waals surface area contributed by atoms with Crippen LogP contribution >= 0.6 is 11.6 Å². The Kier molecular flexibility index (Phi) is 5.92. The van der Waals surface area contributed by atoms with Gasteiger partial charge in [0.25, 0.3) is 0 Å². The maximum atomic E-state index is 12.4. The van der Waals surface area contributed by atoms with E-state index in [1.807, 2.05) is 36.5 Å². The van der Waals surface area contributed by atoms with Crippen molar-refractivity contribution in [2.75, 3.05) is 11.9 Å². The number of hydrogen-bond donors (Lipinski definition) is 1. The molecule has 5 nitrogen and oxygen atoms in total. The van der Waals surface area contributed by atoms with Gasteiger partial charge >= 0.3 is 0 Å². The second-order valence-electron chi connectivity index (χ2n) is 5.84. The van der Waals surface area contributed by atoms with Gasteiger partial charge in [-0.2, -0.15) is 4.73 Å². The van der Waals surface area contributed by atoms with E-state index in [9.17, 15) is 4.79 Å². The monoisotopic (exact) mass is 369 g/mol. The van der Waals surface area contributed by atoms with E-state index in [1.54, 1.807) is 17.0 Å². The zero-order valence-electron chi connectivity index (χ0n) is 14.3. The summed E-state index contributed by atoms with van der Waals surface area (Å²) in [4.78, 5) is 22.2. The first kappa shape index (κ1) is 18.0. The van der Waals surface area contributed by atoms with Crippen molar-refractivity contribution in [1.29, 1.82) is 0 Å². The molecule has 0 aliphatic carbocycles. The second-order valence-corrected chi connectivity index (χ2v) is 6.25. The molecular formula is C20H20ClN3O2. The van der Waals surface area contributed by atoms with Crippen LogP contribution in [0.5, 0.6) is 0 Å². The largest absolute Gasteiger partial charge is 0.414 e. The Labute approximate surface area is 157 Å². The lowest BCUT2D eigenvalue weighted by Gasteiger charge is -2.07. The van der Waals surface area contributed by atoms with Crippen LogP contribution in [0.25, 0.3) is 10.9 Å². The van der Waals surface area contributed by atoms with E-state index in [0.717, 1.165) is 29.3 Å². The molecule has 134 valence electrons. The van der Waals surface area contributed by atoms with Crippen molar-refractivity contribution in [1.82, 2.24) is 9.71 Å². The van der Waals surface area contributed by atoms with Crippen molar-refractivity contribution < 1.29 is 9.63 Å². The lowest BCUT2D eigenvalue weighted by Crippen LogP contribution is -2.15. The fraction of sp³-hybridized carbons (Fsp3) is 0.200. The Hall–Kier alpha value is -2.79. The number of carbonyl (C=O) groups excluding carboxylic acids is 1.